The Labute approximate surface area is 227 Å². The number of halogens is 6. The lowest BCUT2D eigenvalue weighted by Gasteiger charge is -2.22. The van der Waals surface area contributed by atoms with Crippen molar-refractivity contribution >= 4 is 18.1 Å². The number of pyridine rings is 1. The second kappa shape index (κ2) is 11.6. The molecule has 0 saturated heterocycles. The molecule has 0 aliphatic carbocycles. The molecule has 2 amide bonds. The lowest BCUT2D eigenvalue weighted by molar-refractivity contribution is -0.142. The van der Waals surface area contributed by atoms with Crippen LogP contribution in [0.15, 0.2) is 60.9 Å². The maximum atomic E-state index is 14.1. The van der Waals surface area contributed by atoms with Crippen molar-refractivity contribution in [2.24, 2.45) is 5.73 Å². The number of aromatic nitrogens is 3. The van der Waals surface area contributed by atoms with Gasteiger partial charge in [-0.25, -0.2) is 13.2 Å². The number of primary amides is 1. The average Bonchev–Trinajstić information content (AvgIpc) is 3.31. The zero-order valence-corrected chi connectivity index (χ0v) is 20.8. The van der Waals surface area contributed by atoms with Crippen LogP contribution in [0.1, 0.15) is 43.7 Å². The Morgan fingerprint density at radius 2 is 1.76 bits per heavy atom. The van der Waals surface area contributed by atoms with Crippen molar-refractivity contribution in [2.75, 3.05) is 0 Å². The number of benzene rings is 2. The van der Waals surface area contributed by atoms with Crippen LogP contribution in [0.25, 0.3) is 11.1 Å². The maximum absolute atomic E-state index is 14.1. The smallest absolute Gasteiger partial charge is 0.366 e. The Morgan fingerprint density at radius 3 is 2.37 bits per heavy atom. The van der Waals surface area contributed by atoms with Gasteiger partial charge in [0.1, 0.15) is 24.0 Å². The molecule has 0 bridgehead atoms. The highest BCUT2D eigenvalue weighted by atomic mass is 19.4. The van der Waals surface area contributed by atoms with Crippen LogP contribution in [0, 0.1) is 17.5 Å². The lowest BCUT2D eigenvalue weighted by Crippen LogP contribution is -2.34. The zero-order valence-electron chi connectivity index (χ0n) is 20.8. The summed E-state index contributed by atoms with van der Waals surface area (Å²) in [5.74, 6) is -4.59. The van der Waals surface area contributed by atoms with Gasteiger partial charge in [0.2, 0.25) is 5.91 Å². The highest BCUT2D eigenvalue weighted by molar-refractivity contribution is 5.94. The molecule has 2 heterocycles. The number of rotatable bonds is 9. The fourth-order valence-corrected chi connectivity index (χ4v) is 4.21. The second-order valence-electron chi connectivity index (χ2n) is 8.84. The average molecular weight is 575 g/mol. The van der Waals surface area contributed by atoms with Crippen LogP contribution in [0.3, 0.4) is 0 Å². The second-order valence-corrected chi connectivity index (χ2v) is 8.84. The minimum absolute atomic E-state index is 0.0469. The highest BCUT2D eigenvalue weighted by Gasteiger charge is 2.37. The summed E-state index contributed by atoms with van der Waals surface area (Å²) in [7, 11) is 0. The van der Waals surface area contributed by atoms with Gasteiger partial charge in [-0.3, -0.25) is 24.0 Å². The van der Waals surface area contributed by atoms with E-state index < -0.39 is 64.8 Å². The van der Waals surface area contributed by atoms with Crippen molar-refractivity contribution in [1.82, 2.24) is 20.1 Å². The summed E-state index contributed by atoms with van der Waals surface area (Å²) in [4.78, 5) is 40.0. The number of nitrogens with zero attached hydrogens (tertiary/aromatic N) is 3. The number of carbonyl (C=O) groups is 3. The van der Waals surface area contributed by atoms with Gasteiger partial charge in [0, 0.05) is 24.0 Å². The van der Waals surface area contributed by atoms with Crippen molar-refractivity contribution in [2.45, 2.75) is 25.2 Å². The number of hydrogen-bond acceptors (Lipinski definition) is 5. The van der Waals surface area contributed by atoms with Gasteiger partial charge < -0.3 is 11.1 Å². The van der Waals surface area contributed by atoms with Gasteiger partial charge in [-0.1, -0.05) is 12.1 Å². The lowest BCUT2D eigenvalue weighted by atomic mass is 9.94. The predicted octanol–water partition coefficient (Wildman–Crippen LogP) is 4.39. The van der Waals surface area contributed by atoms with Gasteiger partial charge in [-0.2, -0.15) is 18.3 Å². The van der Waals surface area contributed by atoms with Gasteiger partial charge in [-0.05, 0) is 47.9 Å². The molecule has 8 nitrogen and oxygen atoms in total. The van der Waals surface area contributed by atoms with Crippen LogP contribution in [0.2, 0.25) is 0 Å². The number of carbonyl (C=O) groups excluding carboxylic acids is 3. The van der Waals surface area contributed by atoms with Gasteiger partial charge in [0.15, 0.2) is 12.0 Å². The van der Waals surface area contributed by atoms with Crippen molar-refractivity contribution in [3.63, 3.8) is 0 Å². The molecule has 212 valence electrons. The van der Waals surface area contributed by atoms with E-state index in [0.717, 1.165) is 24.4 Å². The molecule has 0 fully saturated rings. The van der Waals surface area contributed by atoms with Gasteiger partial charge in [0.05, 0.1) is 22.9 Å². The number of nitrogens with two attached hydrogens (primary N) is 1. The third kappa shape index (κ3) is 6.77. The molecule has 2 aromatic carbocycles. The summed E-state index contributed by atoms with van der Waals surface area (Å²) in [5.41, 5.74) is 3.37. The minimum atomic E-state index is -4.94. The molecule has 0 aliphatic rings. The number of amides is 2. The Morgan fingerprint density at radius 1 is 1.05 bits per heavy atom. The van der Waals surface area contributed by atoms with Gasteiger partial charge >= 0.3 is 6.18 Å². The van der Waals surface area contributed by atoms with Crippen LogP contribution in [0.5, 0.6) is 0 Å². The predicted molar refractivity (Wildman–Crippen MR) is 132 cm³/mol. The molecule has 0 aliphatic heterocycles. The fourth-order valence-electron chi connectivity index (χ4n) is 4.21. The van der Waals surface area contributed by atoms with Crippen molar-refractivity contribution in [3.05, 3.63) is 106 Å². The number of alkyl halides is 3. The molecule has 1 atom stereocenters. The van der Waals surface area contributed by atoms with E-state index in [2.05, 4.69) is 15.4 Å². The van der Waals surface area contributed by atoms with Crippen LogP contribution in [-0.2, 0) is 23.9 Å². The molecule has 0 radical (unpaired) electrons. The number of aldehydes is 1. The molecule has 4 aromatic rings. The summed E-state index contributed by atoms with van der Waals surface area (Å²) in [6.07, 6.45) is -3.12. The molecular weight excluding hydrogens is 556 g/mol. The zero-order chi connectivity index (χ0) is 29.9. The molecule has 14 heteroatoms. The van der Waals surface area contributed by atoms with E-state index in [0.29, 0.717) is 16.3 Å². The normalized spacial score (nSPS) is 12.1. The summed E-state index contributed by atoms with van der Waals surface area (Å²) < 4.78 is 82.2. The fraction of sp³-hybridized carbons (Fsp3) is 0.148. The topological polar surface area (TPSA) is 120 Å². The number of hydrogen-bond donors (Lipinski definition) is 2. The molecule has 41 heavy (non-hydrogen) atoms. The van der Waals surface area contributed by atoms with E-state index in [1.807, 2.05) is 0 Å². The molecule has 4 rings (SSSR count). The molecule has 0 spiro atoms. The summed E-state index contributed by atoms with van der Waals surface area (Å²) in [5, 5.41) is 5.86. The molecule has 2 aromatic heterocycles. The molecule has 1 unspecified atom stereocenters. The van der Waals surface area contributed by atoms with Gasteiger partial charge in [0.25, 0.3) is 5.91 Å². The van der Waals surface area contributed by atoms with Crippen molar-refractivity contribution in [1.29, 1.82) is 0 Å². The Balaban J connectivity index is 1.73. The van der Waals surface area contributed by atoms with Gasteiger partial charge in [-0.15, -0.1) is 0 Å². The van der Waals surface area contributed by atoms with Crippen molar-refractivity contribution in [3.8, 4) is 11.1 Å². The van der Waals surface area contributed by atoms with Crippen LogP contribution >= 0.6 is 0 Å². The molecule has 0 saturated carbocycles. The van der Waals surface area contributed by atoms with Crippen LogP contribution in [0.4, 0.5) is 26.3 Å². The van der Waals surface area contributed by atoms with E-state index >= 15 is 0 Å². The standard InChI is InChI=1S/C27H19F6N5O3/c28-17-6-14(7-18(29)10-17)8-22(36-23(40)12-38-11-16(13-39)25(37-38)27(31,32)33)24-19(2-1-5-35-24)15-3-4-21(30)20(9-15)26(34)41/h1-7,9-11,13,22H,8,12H2,(H2,34,41)(H,36,40). The SMILES string of the molecule is NC(=O)c1cc(-c2cccnc2C(Cc2cc(F)cc(F)c2)NC(=O)Cn2cc(C=O)c(C(F)(F)F)n2)ccc1F. The summed E-state index contributed by atoms with van der Waals surface area (Å²) in [6.45, 7) is -0.754. The van der Waals surface area contributed by atoms with E-state index in [1.165, 1.54) is 30.5 Å². The van der Waals surface area contributed by atoms with Crippen LogP contribution < -0.4 is 11.1 Å². The van der Waals surface area contributed by atoms with E-state index in [4.69, 9.17) is 5.73 Å². The first-order chi connectivity index (χ1) is 19.3. The van der Waals surface area contributed by atoms with E-state index in [9.17, 15) is 40.7 Å². The monoisotopic (exact) mass is 575 g/mol. The molecular formula is C27H19F6N5O3. The highest BCUT2D eigenvalue weighted by Crippen LogP contribution is 2.31. The van der Waals surface area contributed by atoms with Crippen LogP contribution in [-0.4, -0.2) is 32.9 Å². The third-order valence-electron chi connectivity index (χ3n) is 5.90. The maximum Gasteiger partial charge on any atom is 0.435 e. The van der Waals surface area contributed by atoms with Crippen molar-refractivity contribution < 1.29 is 40.7 Å². The summed E-state index contributed by atoms with van der Waals surface area (Å²) >= 11 is 0. The Hall–Kier alpha value is -5.01. The quantitative estimate of drug-likeness (QED) is 0.227. The molecule has 3 N–H and O–H groups in total. The minimum Gasteiger partial charge on any atom is -0.366 e. The third-order valence-corrected chi connectivity index (χ3v) is 5.90. The Bertz CT molecular complexity index is 1620. The first-order valence-electron chi connectivity index (χ1n) is 11.7. The Kier molecular flexibility index (Phi) is 8.21. The first kappa shape index (κ1) is 29.0. The summed E-state index contributed by atoms with van der Waals surface area (Å²) in [6, 6.07) is 8.09. The van der Waals surface area contributed by atoms with E-state index in [1.54, 1.807) is 0 Å². The number of nitrogens with one attached hydrogen (secondary N) is 1. The van der Waals surface area contributed by atoms with E-state index in [-0.39, 0.29) is 29.5 Å². The first-order valence-corrected chi connectivity index (χ1v) is 11.7. The largest absolute Gasteiger partial charge is 0.435 e.